The van der Waals surface area contributed by atoms with Crippen molar-refractivity contribution in [2.45, 2.75) is 49.9 Å². The van der Waals surface area contributed by atoms with Crippen molar-refractivity contribution in [3.63, 3.8) is 0 Å². The third-order valence-electron chi connectivity index (χ3n) is 6.51. The van der Waals surface area contributed by atoms with Crippen LogP contribution in [0.5, 0.6) is 0 Å². The summed E-state index contributed by atoms with van der Waals surface area (Å²) in [5, 5.41) is 25.5. The van der Waals surface area contributed by atoms with E-state index in [0.29, 0.717) is 30.9 Å². The Balaban J connectivity index is 1.43. The fourth-order valence-corrected chi connectivity index (χ4v) is 5.27. The third kappa shape index (κ3) is 5.13. The zero-order valence-corrected chi connectivity index (χ0v) is 18.6. The van der Waals surface area contributed by atoms with Crippen molar-refractivity contribution in [3.8, 4) is 0 Å². The predicted molar refractivity (Wildman–Crippen MR) is 114 cm³/mol. The van der Waals surface area contributed by atoms with Crippen molar-refractivity contribution < 1.29 is 27.6 Å². The molecule has 1 heterocycles. The quantitative estimate of drug-likeness (QED) is 0.485. The lowest BCUT2D eigenvalue weighted by molar-refractivity contribution is -0.00345. The number of rotatable bonds is 8. The Morgan fingerprint density at radius 3 is 2.50 bits per heavy atom. The topological polar surface area (TPSA) is 158 Å². The molecule has 0 aliphatic heterocycles. The molecule has 0 spiro atoms. The number of hydrogen-bond donors (Lipinski definition) is 3. The first-order chi connectivity index (χ1) is 15.2. The van der Waals surface area contributed by atoms with Crippen LogP contribution in [0, 0.1) is 11.8 Å². The van der Waals surface area contributed by atoms with E-state index in [4.69, 9.17) is 9.88 Å². The summed E-state index contributed by atoms with van der Waals surface area (Å²) in [6, 6.07) is 8.27. The monoisotopic (exact) mass is 464 g/mol. The molecule has 4 N–H and O–H groups in total. The van der Waals surface area contributed by atoms with Gasteiger partial charge in [0.05, 0.1) is 24.9 Å². The number of fused-ring (bicyclic) bond motifs is 1. The molecule has 0 amide bonds. The Labute approximate surface area is 187 Å². The van der Waals surface area contributed by atoms with E-state index >= 15 is 0 Å². The zero-order chi connectivity index (χ0) is 22.9. The molecule has 0 bridgehead atoms. The van der Waals surface area contributed by atoms with Crippen LogP contribution in [0.25, 0.3) is 0 Å². The molecule has 174 valence electrons. The lowest BCUT2D eigenvalue weighted by Crippen LogP contribution is -2.31. The molecule has 1 aromatic carbocycles. The van der Waals surface area contributed by atoms with Crippen LogP contribution in [0.1, 0.15) is 35.1 Å². The van der Waals surface area contributed by atoms with Crippen molar-refractivity contribution in [2.75, 3.05) is 13.7 Å². The van der Waals surface area contributed by atoms with Gasteiger partial charge in [0.1, 0.15) is 18.0 Å². The van der Waals surface area contributed by atoms with Crippen LogP contribution in [0.4, 0.5) is 0 Å². The van der Waals surface area contributed by atoms with E-state index in [2.05, 4.69) is 31.3 Å². The largest absolute Gasteiger partial charge is 0.390 e. The zero-order valence-electron chi connectivity index (χ0n) is 17.7. The Kier molecular flexibility index (Phi) is 6.84. The molecule has 2 aromatic rings. The highest BCUT2D eigenvalue weighted by molar-refractivity contribution is 7.84. The van der Waals surface area contributed by atoms with Gasteiger partial charge >= 0.3 is 10.3 Å². The maximum absolute atomic E-state index is 11.0. The minimum atomic E-state index is -4.11. The van der Waals surface area contributed by atoms with Gasteiger partial charge in [-0.15, -0.1) is 0 Å². The number of aromatic nitrogens is 3. The number of benzene rings is 1. The van der Waals surface area contributed by atoms with Crippen molar-refractivity contribution in [2.24, 2.45) is 17.0 Å². The van der Waals surface area contributed by atoms with Crippen LogP contribution < -0.4 is 5.14 Å². The van der Waals surface area contributed by atoms with E-state index in [9.17, 15) is 18.6 Å². The van der Waals surface area contributed by atoms with Crippen molar-refractivity contribution in [3.05, 3.63) is 53.4 Å². The van der Waals surface area contributed by atoms with Gasteiger partial charge in [-0.3, -0.25) is 4.18 Å². The maximum Gasteiger partial charge on any atom is 0.333 e. The highest BCUT2D eigenvalue weighted by Gasteiger charge is 2.42. The van der Waals surface area contributed by atoms with Gasteiger partial charge in [-0.2, -0.15) is 8.42 Å². The van der Waals surface area contributed by atoms with Crippen LogP contribution in [-0.4, -0.2) is 65.6 Å². The van der Waals surface area contributed by atoms with Crippen molar-refractivity contribution >= 4 is 10.3 Å². The highest BCUT2D eigenvalue weighted by atomic mass is 32.2. The average Bonchev–Trinajstić information content (AvgIpc) is 3.24. The first kappa shape index (κ1) is 23.1. The number of hydrogen-bond acceptors (Lipinski definition) is 9. The van der Waals surface area contributed by atoms with Gasteiger partial charge in [0.2, 0.25) is 0 Å². The van der Waals surface area contributed by atoms with Crippen LogP contribution in [-0.2, 0) is 38.5 Å². The highest BCUT2D eigenvalue weighted by Crippen LogP contribution is 2.37. The number of ether oxygens (including phenoxy) is 1. The molecule has 1 aromatic heterocycles. The number of aliphatic hydroxyl groups excluding tert-OH is 2. The summed E-state index contributed by atoms with van der Waals surface area (Å²) in [6.45, 7) is -0.282. The predicted octanol–water partition coefficient (Wildman–Crippen LogP) is -0.110. The molecule has 4 rings (SSSR count). The van der Waals surface area contributed by atoms with E-state index in [-0.39, 0.29) is 24.5 Å². The summed E-state index contributed by atoms with van der Waals surface area (Å²) in [7, 11) is -2.40. The summed E-state index contributed by atoms with van der Waals surface area (Å²) in [5.41, 5.74) is 2.52. The molecule has 0 radical (unpaired) electrons. The number of methoxy groups -OCH3 is 1. The standard InChI is InChI=1S/C21H28N4O6S/c1-30-17-7-12-4-2-3-5-15(12)16(17)9-19-24-11-23-18(25-19)8-13-6-14(21(27)20(13)26)10-31-32(22,28)29/h2-5,11,13-14,16-17,20-21,26-27H,6-10H2,1H3,(H2,22,28,29)/t13-,14+,16?,17-,20-,21+/m0/s1. The summed E-state index contributed by atoms with van der Waals surface area (Å²) < 4.78 is 32.4. The summed E-state index contributed by atoms with van der Waals surface area (Å²) in [6.07, 6.45) is 1.51. The second kappa shape index (κ2) is 9.46. The lowest BCUT2D eigenvalue weighted by Gasteiger charge is -2.19. The molecule has 32 heavy (non-hydrogen) atoms. The van der Waals surface area contributed by atoms with E-state index in [1.165, 1.54) is 17.5 Å². The smallest absolute Gasteiger partial charge is 0.333 e. The Hall–Kier alpha value is -2.02. The van der Waals surface area contributed by atoms with Crippen molar-refractivity contribution in [1.29, 1.82) is 0 Å². The molecule has 2 aliphatic carbocycles. The average molecular weight is 465 g/mol. The van der Waals surface area contributed by atoms with E-state index in [0.717, 1.165) is 6.42 Å². The fraction of sp³-hybridized carbons (Fsp3) is 0.571. The molecule has 10 nitrogen and oxygen atoms in total. The molecular weight excluding hydrogens is 436 g/mol. The molecule has 1 unspecified atom stereocenters. The SMILES string of the molecule is CO[C@H]1Cc2ccccc2C1Cc1ncnc(C[C@@H]2C[C@H](COS(N)(=O)=O)[C@@H](O)[C@H]2O)n1. The maximum atomic E-state index is 11.0. The molecule has 1 saturated carbocycles. The Bertz CT molecular complexity index is 1050. The van der Waals surface area contributed by atoms with E-state index in [1.54, 1.807) is 7.11 Å². The second-order valence-corrected chi connectivity index (χ2v) is 9.75. The van der Waals surface area contributed by atoms with Gasteiger partial charge in [0, 0.05) is 31.8 Å². The molecule has 1 fully saturated rings. The third-order valence-corrected chi connectivity index (χ3v) is 6.98. The normalized spacial score (nSPS) is 29.9. The summed E-state index contributed by atoms with van der Waals surface area (Å²) in [4.78, 5) is 13.2. The molecule has 11 heteroatoms. The van der Waals surface area contributed by atoms with Gasteiger partial charge < -0.3 is 14.9 Å². The van der Waals surface area contributed by atoms with Gasteiger partial charge in [-0.1, -0.05) is 24.3 Å². The van der Waals surface area contributed by atoms with Gasteiger partial charge in [0.15, 0.2) is 0 Å². The Morgan fingerprint density at radius 1 is 1.09 bits per heavy atom. The van der Waals surface area contributed by atoms with Crippen LogP contribution in [0.3, 0.4) is 0 Å². The summed E-state index contributed by atoms with van der Waals surface area (Å²) >= 11 is 0. The molecule has 6 atom stereocenters. The van der Waals surface area contributed by atoms with Crippen LogP contribution in [0.15, 0.2) is 30.6 Å². The lowest BCUT2D eigenvalue weighted by atomic mass is 9.95. The fourth-order valence-electron chi connectivity index (χ4n) is 4.91. The number of nitrogens with zero attached hydrogens (tertiary/aromatic N) is 3. The van der Waals surface area contributed by atoms with E-state index < -0.39 is 28.4 Å². The number of aliphatic hydroxyl groups is 2. The number of nitrogens with two attached hydrogens (primary N) is 1. The van der Waals surface area contributed by atoms with Crippen molar-refractivity contribution in [1.82, 2.24) is 15.0 Å². The minimum Gasteiger partial charge on any atom is -0.390 e. The molecule has 2 aliphatic rings. The van der Waals surface area contributed by atoms with Gasteiger partial charge in [-0.25, -0.2) is 20.1 Å². The molecular formula is C21H28N4O6S. The second-order valence-electron chi connectivity index (χ2n) is 8.52. The first-order valence-corrected chi connectivity index (χ1v) is 12.0. The van der Waals surface area contributed by atoms with Gasteiger partial charge in [-0.05, 0) is 29.9 Å². The van der Waals surface area contributed by atoms with Crippen LogP contribution in [0.2, 0.25) is 0 Å². The van der Waals surface area contributed by atoms with Gasteiger partial charge in [0.25, 0.3) is 0 Å². The van der Waals surface area contributed by atoms with Crippen LogP contribution >= 0.6 is 0 Å². The molecule has 0 saturated heterocycles. The van der Waals surface area contributed by atoms with E-state index in [1.807, 2.05) is 12.1 Å². The Morgan fingerprint density at radius 2 is 1.78 bits per heavy atom. The summed E-state index contributed by atoms with van der Waals surface area (Å²) in [5.74, 6) is 0.408. The minimum absolute atomic E-state index is 0.0546. The first-order valence-electron chi connectivity index (χ1n) is 10.6.